The van der Waals surface area contributed by atoms with E-state index in [0.717, 1.165) is 44.7 Å². The Balaban J connectivity index is 1.50. The molecule has 1 spiro atoms. The molecule has 8 nitrogen and oxygen atoms in total. The molecule has 1 aromatic rings. The minimum absolute atomic E-state index is 0.0185. The van der Waals surface area contributed by atoms with Gasteiger partial charge in [-0.1, -0.05) is 25.7 Å². The SMILES string of the molecule is O=CN(O)CC(CC1CCCC1)C(=O)N1CC2(CC2)C[C@H]1C(=O)Nc1ccc(F)cn1. The molecule has 1 aromatic heterocycles. The second-order valence-corrected chi connectivity index (χ2v) is 9.35. The smallest absolute Gasteiger partial charge is 0.248 e. The molecule has 31 heavy (non-hydrogen) atoms. The highest BCUT2D eigenvalue weighted by molar-refractivity contribution is 5.97. The summed E-state index contributed by atoms with van der Waals surface area (Å²) in [6, 6.07) is 1.96. The van der Waals surface area contributed by atoms with Crippen LogP contribution in [0.3, 0.4) is 0 Å². The second-order valence-electron chi connectivity index (χ2n) is 9.35. The van der Waals surface area contributed by atoms with Gasteiger partial charge in [-0.2, -0.15) is 0 Å². The van der Waals surface area contributed by atoms with Gasteiger partial charge in [0.25, 0.3) is 0 Å². The van der Waals surface area contributed by atoms with Crippen LogP contribution in [0.25, 0.3) is 0 Å². The number of halogens is 1. The number of amides is 3. The predicted molar refractivity (Wildman–Crippen MR) is 109 cm³/mol. The minimum Gasteiger partial charge on any atom is -0.330 e. The van der Waals surface area contributed by atoms with Crippen molar-refractivity contribution in [1.29, 1.82) is 0 Å². The number of nitrogens with zero attached hydrogens (tertiary/aromatic N) is 3. The van der Waals surface area contributed by atoms with Gasteiger partial charge in [-0.15, -0.1) is 0 Å². The Bertz CT molecular complexity index is 823. The molecule has 3 aliphatic rings. The van der Waals surface area contributed by atoms with Crippen molar-refractivity contribution < 1.29 is 24.0 Å². The lowest BCUT2D eigenvalue weighted by molar-refractivity contribution is -0.158. The summed E-state index contributed by atoms with van der Waals surface area (Å²) >= 11 is 0. The molecule has 2 atom stereocenters. The van der Waals surface area contributed by atoms with Gasteiger partial charge >= 0.3 is 0 Å². The average Bonchev–Trinajstić information content (AvgIpc) is 3.13. The lowest BCUT2D eigenvalue weighted by Gasteiger charge is -2.30. The van der Waals surface area contributed by atoms with Gasteiger partial charge in [-0.25, -0.2) is 14.4 Å². The van der Waals surface area contributed by atoms with Gasteiger partial charge in [0.05, 0.1) is 18.7 Å². The first-order valence-electron chi connectivity index (χ1n) is 11.0. The first-order valence-corrected chi connectivity index (χ1v) is 11.0. The molecular formula is C22H29FN4O4. The molecule has 0 bridgehead atoms. The fourth-order valence-electron chi connectivity index (χ4n) is 5.13. The maximum Gasteiger partial charge on any atom is 0.248 e. The minimum atomic E-state index is -0.642. The lowest BCUT2D eigenvalue weighted by Crippen LogP contribution is -2.48. The van der Waals surface area contributed by atoms with Crippen LogP contribution in [-0.2, 0) is 14.4 Å². The number of likely N-dealkylation sites (tertiary alicyclic amines) is 1. The van der Waals surface area contributed by atoms with Crippen molar-refractivity contribution in [3.8, 4) is 0 Å². The number of carbonyl (C=O) groups excluding carboxylic acids is 3. The normalized spacial score (nSPS) is 23.0. The number of aromatic nitrogens is 1. The largest absolute Gasteiger partial charge is 0.330 e. The molecule has 0 aromatic carbocycles. The molecule has 3 fully saturated rings. The van der Waals surface area contributed by atoms with E-state index in [1.807, 2.05) is 0 Å². The molecule has 2 saturated carbocycles. The van der Waals surface area contributed by atoms with E-state index in [4.69, 9.17) is 0 Å². The molecular weight excluding hydrogens is 403 g/mol. The number of hydroxylamine groups is 2. The topological polar surface area (TPSA) is 103 Å². The van der Waals surface area contributed by atoms with Gasteiger partial charge in [0.15, 0.2) is 0 Å². The third kappa shape index (κ3) is 5.03. The van der Waals surface area contributed by atoms with E-state index in [1.165, 1.54) is 12.1 Å². The van der Waals surface area contributed by atoms with Crippen molar-refractivity contribution >= 4 is 24.0 Å². The number of anilines is 1. The van der Waals surface area contributed by atoms with Crippen molar-refractivity contribution in [3.05, 3.63) is 24.1 Å². The monoisotopic (exact) mass is 432 g/mol. The average molecular weight is 432 g/mol. The van der Waals surface area contributed by atoms with Crippen LogP contribution < -0.4 is 5.32 Å². The Morgan fingerprint density at radius 3 is 2.71 bits per heavy atom. The van der Waals surface area contributed by atoms with Crippen molar-refractivity contribution in [2.24, 2.45) is 17.3 Å². The number of rotatable bonds is 8. The number of hydrogen-bond donors (Lipinski definition) is 2. The molecule has 2 heterocycles. The van der Waals surface area contributed by atoms with Crippen molar-refractivity contribution in [1.82, 2.24) is 14.9 Å². The van der Waals surface area contributed by atoms with Crippen LogP contribution in [0.15, 0.2) is 18.3 Å². The van der Waals surface area contributed by atoms with Crippen LogP contribution in [0.5, 0.6) is 0 Å². The number of nitrogens with one attached hydrogen (secondary N) is 1. The van der Waals surface area contributed by atoms with Gasteiger partial charge < -0.3 is 10.2 Å². The van der Waals surface area contributed by atoms with Crippen LogP contribution in [0.4, 0.5) is 10.2 Å². The van der Waals surface area contributed by atoms with E-state index in [0.29, 0.717) is 36.8 Å². The summed E-state index contributed by atoms with van der Waals surface area (Å²) in [5, 5.41) is 13.0. The Kier molecular flexibility index (Phi) is 6.22. The molecule has 3 amide bonds. The van der Waals surface area contributed by atoms with Gasteiger partial charge in [0, 0.05) is 6.54 Å². The standard InChI is InChI=1S/C22H29FN4O4/c23-17-5-6-19(24-11-17)25-20(29)18-10-22(7-8-22)13-27(18)21(30)16(12-26(31)14-28)9-15-3-1-2-4-15/h5-6,11,14-16,18,31H,1-4,7-10,12-13H2,(H,24,25,29)/t16?,18-/m0/s1. The number of hydrogen-bond acceptors (Lipinski definition) is 5. The molecule has 1 aliphatic heterocycles. The maximum atomic E-state index is 13.5. The summed E-state index contributed by atoms with van der Waals surface area (Å²) < 4.78 is 13.1. The van der Waals surface area contributed by atoms with E-state index in [-0.39, 0.29) is 29.6 Å². The van der Waals surface area contributed by atoms with Gasteiger partial charge in [0.1, 0.15) is 17.7 Å². The zero-order valence-electron chi connectivity index (χ0n) is 17.5. The van der Waals surface area contributed by atoms with Crippen LogP contribution in [0.2, 0.25) is 0 Å². The fraction of sp³-hybridized carbons (Fsp3) is 0.636. The Morgan fingerprint density at radius 1 is 1.35 bits per heavy atom. The van der Waals surface area contributed by atoms with Crippen molar-refractivity contribution in [2.45, 2.75) is 57.4 Å². The summed E-state index contributed by atoms with van der Waals surface area (Å²) in [5.41, 5.74) is -0.0185. The fourth-order valence-corrected chi connectivity index (χ4v) is 5.13. The van der Waals surface area contributed by atoms with Crippen LogP contribution in [0.1, 0.15) is 51.4 Å². The number of carbonyl (C=O) groups is 3. The highest BCUT2D eigenvalue weighted by atomic mass is 19.1. The molecule has 9 heteroatoms. The summed E-state index contributed by atoms with van der Waals surface area (Å²) in [4.78, 5) is 43.1. The van der Waals surface area contributed by atoms with E-state index in [1.54, 1.807) is 4.90 Å². The summed E-state index contributed by atoms with van der Waals surface area (Å²) in [6.07, 6.45) is 8.82. The predicted octanol–water partition coefficient (Wildman–Crippen LogP) is 2.58. The molecule has 168 valence electrons. The summed E-state index contributed by atoms with van der Waals surface area (Å²) in [6.45, 7) is 0.435. The molecule has 1 saturated heterocycles. The third-order valence-electron chi connectivity index (χ3n) is 7.00. The zero-order chi connectivity index (χ0) is 22.0. The molecule has 0 radical (unpaired) electrons. The van der Waals surface area contributed by atoms with Crippen molar-refractivity contribution in [2.75, 3.05) is 18.4 Å². The highest BCUT2D eigenvalue weighted by Crippen LogP contribution is 2.55. The Labute approximate surface area is 180 Å². The maximum absolute atomic E-state index is 13.5. The van der Waals surface area contributed by atoms with E-state index < -0.39 is 17.8 Å². The van der Waals surface area contributed by atoms with Gasteiger partial charge in [-0.3, -0.25) is 19.6 Å². The van der Waals surface area contributed by atoms with E-state index >= 15 is 0 Å². The molecule has 2 aliphatic carbocycles. The second kappa shape index (κ2) is 8.90. The molecule has 1 unspecified atom stereocenters. The van der Waals surface area contributed by atoms with Crippen LogP contribution >= 0.6 is 0 Å². The van der Waals surface area contributed by atoms with Crippen LogP contribution in [0, 0.1) is 23.1 Å². The first-order chi connectivity index (χ1) is 14.9. The zero-order valence-corrected chi connectivity index (χ0v) is 17.5. The Morgan fingerprint density at radius 2 is 2.10 bits per heavy atom. The van der Waals surface area contributed by atoms with Crippen molar-refractivity contribution in [3.63, 3.8) is 0 Å². The van der Waals surface area contributed by atoms with Gasteiger partial charge in [-0.05, 0) is 49.1 Å². The highest BCUT2D eigenvalue weighted by Gasteiger charge is 2.55. The number of pyridine rings is 1. The Hall–Kier alpha value is -2.55. The summed E-state index contributed by atoms with van der Waals surface area (Å²) in [5.74, 6) is -0.948. The van der Waals surface area contributed by atoms with E-state index in [9.17, 15) is 24.0 Å². The lowest BCUT2D eigenvalue weighted by atomic mass is 9.91. The molecule has 4 rings (SSSR count). The van der Waals surface area contributed by atoms with E-state index in [2.05, 4.69) is 10.3 Å². The third-order valence-corrected chi connectivity index (χ3v) is 7.00. The first kappa shape index (κ1) is 21.7. The quantitative estimate of drug-likeness (QED) is 0.373. The van der Waals surface area contributed by atoms with Gasteiger partial charge in [0.2, 0.25) is 18.2 Å². The molecule has 2 N–H and O–H groups in total. The summed E-state index contributed by atoms with van der Waals surface area (Å²) in [7, 11) is 0. The van der Waals surface area contributed by atoms with Crippen LogP contribution in [-0.4, -0.2) is 57.5 Å².